The number of hydrogen-bond donors (Lipinski definition) is 0. The molecule has 6 heteroatoms. The van der Waals surface area contributed by atoms with E-state index in [0.717, 1.165) is 5.56 Å². The van der Waals surface area contributed by atoms with Crippen molar-refractivity contribution in [2.75, 3.05) is 0 Å². The zero-order valence-electron chi connectivity index (χ0n) is 11.7. The molecule has 0 amide bonds. The Hall–Kier alpha value is -2.04. The van der Waals surface area contributed by atoms with Crippen molar-refractivity contribution in [1.82, 2.24) is 10.1 Å². The lowest BCUT2D eigenvalue weighted by molar-refractivity contribution is 0.176. The highest BCUT2D eigenvalue weighted by Crippen LogP contribution is 2.31. The summed E-state index contributed by atoms with van der Waals surface area (Å²) in [4.78, 5) is 4.35. The predicted octanol–water partition coefficient (Wildman–Crippen LogP) is 5.18. The third kappa shape index (κ3) is 3.24. The van der Waals surface area contributed by atoms with Crippen molar-refractivity contribution in [3.05, 3.63) is 64.5 Å². The molecule has 1 aromatic heterocycles. The van der Waals surface area contributed by atoms with Gasteiger partial charge in [0.2, 0.25) is 5.82 Å². The maximum atomic E-state index is 6.09. The minimum absolute atomic E-state index is 0.380. The third-order valence-corrected chi connectivity index (χ3v) is 3.55. The highest BCUT2D eigenvalue weighted by molar-refractivity contribution is 6.35. The first-order chi connectivity index (χ1) is 10.6. The van der Waals surface area contributed by atoms with Gasteiger partial charge in [-0.15, -0.1) is 0 Å². The molecule has 1 heterocycles. The summed E-state index contributed by atoms with van der Waals surface area (Å²) >= 11 is 11.9. The van der Waals surface area contributed by atoms with Gasteiger partial charge in [-0.05, 0) is 25.1 Å². The monoisotopic (exact) mass is 334 g/mol. The molecule has 3 rings (SSSR count). The Bertz CT molecular complexity index is 775. The van der Waals surface area contributed by atoms with E-state index < -0.39 is 6.10 Å². The number of nitrogens with zero attached hydrogens (tertiary/aromatic N) is 2. The second kappa shape index (κ2) is 6.38. The van der Waals surface area contributed by atoms with Gasteiger partial charge in [0.25, 0.3) is 5.89 Å². The van der Waals surface area contributed by atoms with Crippen molar-refractivity contribution in [2.45, 2.75) is 13.0 Å². The lowest BCUT2D eigenvalue weighted by Gasteiger charge is -2.12. The first kappa shape index (κ1) is 14.9. The Labute approximate surface area is 137 Å². The summed E-state index contributed by atoms with van der Waals surface area (Å²) in [6.45, 7) is 1.81. The van der Waals surface area contributed by atoms with Crippen LogP contribution in [0.4, 0.5) is 0 Å². The molecule has 1 unspecified atom stereocenters. The van der Waals surface area contributed by atoms with E-state index in [4.69, 9.17) is 32.5 Å². The van der Waals surface area contributed by atoms with Gasteiger partial charge in [-0.25, -0.2) is 0 Å². The summed E-state index contributed by atoms with van der Waals surface area (Å²) in [6, 6.07) is 14.6. The van der Waals surface area contributed by atoms with Crippen LogP contribution in [-0.4, -0.2) is 10.1 Å². The number of aromatic nitrogens is 2. The van der Waals surface area contributed by atoms with E-state index in [-0.39, 0.29) is 0 Å². The van der Waals surface area contributed by atoms with Crippen LogP contribution in [-0.2, 0) is 0 Å². The molecule has 0 spiro atoms. The Balaban J connectivity index is 1.78. The summed E-state index contributed by atoms with van der Waals surface area (Å²) in [5.41, 5.74) is 0.884. The summed E-state index contributed by atoms with van der Waals surface area (Å²) in [6.07, 6.45) is -0.427. The van der Waals surface area contributed by atoms with E-state index in [1.807, 2.05) is 37.3 Å². The third-order valence-electron chi connectivity index (χ3n) is 3.02. The smallest absolute Gasteiger partial charge is 0.267 e. The van der Waals surface area contributed by atoms with Crippen LogP contribution in [0, 0.1) is 0 Å². The molecule has 0 aliphatic rings. The average Bonchev–Trinajstić information content (AvgIpc) is 3.01. The normalized spacial score (nSPS) is 12.1. The number of benzene rings is 2. The van der Waals surface area contributed by atoms with Crippen LogP contribution in [0.5, 0.6) is 5.75 Å². The molecule has 2 aromatic carbocycles. The lowest BCUT2D eigenvalue weighted by Crippen LogP contribution is -2.03. The van der Waals surface area contributed by atoms with Gasteiger partial charge < -0.3 is 9.26 Å². The molecule has 0 saturated heterocycles. The van der Waals surface area contributed by atoms with Gasteiger partial charge >= 0.3 is 0 Å². The lowest BCUT2D eigenvalue weighted by atomic mass is 10.2. The maximum absolute atomic E-state index is 6.09. The van der Waals surface area contributed by atoms with E-state index in [0.29, 0.717) is 27.5 Å². The summed E-state index contributed by atoms with van der Waals surface area (Å²) < 4.78 is 11.0. The molecule has 1 atom stereocenters. The van der Waals surface area contributed by atoms with Crippen molar-refractivity contribution in [2.24, 2.45) is 0 Å². The number of rotatable bonds is 4. The first-order valence-electron chi connectivity index (χ1n) is 6.64. The second-order valence-electron chi connectivity index (χ2n) is 4.66. The molecule has 112 valence electrons. The molecule has 4 nitrogen and oxygen atoms in total. The molecular weight excluding hydrogens is 323 g/mol. The van der Waals surface area contributed by atoms with Crippen molar-refractivity contribution in [1.29, 1.82) is 0 Å². The number of halogens is 2. The van der Waals surface area contributed by atoms with E-state index in [2.05, 4.69) is 10.1 Å². The largest absolute Gasteiger partial charge is 0.479 e. The Kier molecular flexibility index (Phi) is 4.32. The quantitative estimate of drug-likeness (QED) is 0.659. The Morgan fingerprint density at radius 1 is 1.09 bits per heavy atom. The van der Waals surface area contributed by atoms with Gasteiger partial charge in [-0.2, -0.15) is 4.98 Å². The van der Waals surface area contributed by atoms with Gasteiger partial charge in [0.05, 0.1) is 5.02 Å². The molecule has 0 aliphatic carbocycles. The van der Waals surface area contributed by atoms with E-state index in [1.165, 1.54) is 0 Å². The van der Waals surface area contributed by atoms with E-state index >= 15 is 0 Å². The Morgan fingerprint density at radius 3 is 2.59 bits per heavy atom. The van der Waals surface area contributed by atoms with Crippen LogP contribution in [0.3, 0.4) is 0 Å². The van der Waals surface area contributed by atoms with Crippen LogP contribution >= 0.6 is 23.2 Å². The zero-order valence-corrected chi connectivity index (χ0v) is 13.2. The van der Waals surface area contributed by atoms with Gasteiger partial charge in [0.15, 0.2) is 6.10 Å². The number of hydrogen-bond acceptors (Lipinski definition) is 4. The van der Waals surface area contributed by atoms with Gasteiger partial charge in [0, 0.05) is 10.6 Å². The molecule has 0 aliphatic heterocycles. The fraction of sp³-hybridized carbons (Fsp3) is 0.125. The average molecular weight is 335 g/mol. The summed E-state index contributed by atoms with van der Waals surface area (Å²) in [5.74, 6) is 1.41. The van der Waals surface area contributed by atoms with Crippen LogP contribution in [0.25, 0.3) is 11.4 Å². The summed E-state index contributed by atoms with van der Waals surface area (Å²) in [7, 11) is 0. The van der Waals surface area contributed by atoms with Gasteiger partial charge in [-0.1, -0.05) is 58.7 Å². The zero-order chi connectivity index (χ0) is 15.5. The van der Waals surface area contributed by atoms with Crippen LogP contribution in [0.1, 0.15) is 18.9 Å². The van der Waals surface area contributed by atoms with Gasteiger partial charge in [0.1, 0.15) is 5.75 Å². The van der Waals surface area contributed by atoms with Crippen molar-refractivity contribution < 1.29 is 9.26 Å². The van der Waals surface area contributed by atoms with Gasteiger partial charge in [-0.3, -0.25) is 0 Å². The molecule has 0 bridgehead atoms. The molecule has 22 heavy (non-hydrogen) atoms. The minimum Gasteiger partial charge on any atom is -0.479 e. The topological polar surface area (TPSA) is 48.2 Å². The molecular formula is C16H12Cl2N2O2. The maximum Gasteiger partial charge on any atom is 0.267 e. The molecule has 0 N–H and O–H groups in total. The highest BCUT2D eigenvalue weighted by atomic mass is 35.5. The first-order valence-corrected chi connectivity index (χ1v) is 7.40. The van der Waals surface area contributed by atoms with Crippen molar-refractivity contribution in [3.63, 3.8) is 0 Å². The van der Waals surface area contributed by atoms with Crippen LogP contribution < -0.4 is 4.74 Å². The Morgan fingerprint density at radius 2 is 1.86 bits per heavy atom. The second-order valence-corrected chi connectivity index (χ2v) is 5.50. The fourth-order valence-electron chi connectivity index (χ4n) is 1.92. The van der Waals surface area contributed by atoms with E-state index in [1.54, 1.807) is 18.2 Å². The molecule has 0 radical (unpaired) electrons. The molecule has 0 saturated carbocycles. The SMILES string of the molecule is CC(Oc1ccc(Cl)cc1Cl)c1nc(-c2ccccc2)no1. The molecule has 3 aromatic rings. The highest BCUT2D eigenvalue weighted by Gasteiger charge is 2.18. The molecule has 0 fully saturated rings. The number of ether oxygens (including phenoxy) is 1. The van der Waals surface area contributed by atoms with Crippen molar-refractivity contribution in [3.8, 4) is 17.1 Å². The minimum atomic E-state index is -0.427. The van der Waals surface area contributed by atoms with Crippen molar-refractivity contribution >= 4 is 23.2 Å². The van der Waals surface area contributed by atoms with E-state index in [9.17, 15) is 0 Å². The van der Waals surface area contributed by atoms with Crippen LogP contribution in [0.15, 0.2) is 53.1 Å². The standard InChI is InChI=1S/C16H12Cl2N2O2/c1-10(21-14-8-7-12(17)9-13(14)18)16-19-15(20-22-16)11-5-3-2-4-6-11/h2-10H,1H3. The van der Waals surface area contributed by atoms with Crippen LogP contribution in [0.2, 0.25) is 10.0 Å². The predicted molar refractivity (Wildman–Crippen MR) is 85.2 cm³/mol. The fourth-order valence-corrected chi connectivity index (χ4v) is 2.37. The summed E-state index contributed by atoms with van der Waals surface area (Å²) in [5, 5.41) is 4.95.